The summed E-state index contributed by atoms with van der Waals surface area (Å²) < 4.78 is 5.70. The van der Waals surface area contributed by atoms with Crippen LogP contribution in [0.5, 0.6) is 5.75 Å². The smallest absolute Gasteiger partial charge is 0.227 e. The first-order chi connectivity index (χ1) is 16.3. The molecule has 0 spiro atoms. The van der Waals surface area contributed by atoms with Crippen LogP contribution < -0.4 is 15.0 Å². The highest BCUT2D eigenvalue weighted by Crippen LogP contribution is 2.31. The molecular formula is C26H30N6O. The van der Waals surface area contributed by atoms with E-state index in [-0.39, 0.29) is 0 Å². The fraction of sp³-hybridized carbons (Fsp3) is 0.423. The minimum Gasteiger partial charge on any atom is -0.495 e. The second-order valence-corrected chi connectivity index (χ2v) is 8.64. The first-order valence-corrected chi connectivity index (χ1v) is 11.8. The third kappa shape index (κ3) is 5.01. The molecule has 1 aromatic carbocycles. The predicted molar refractivity (Wildman–Crippen MR) is 132 cm³/mol. The molecule has 2 aliphatic heterocycles. The summed E-state index contributed by atoms with van der Waals surface area (Å²) in [6.07, 6.45) is 8.54. The number of fused-ring (bicyclic) bond motifs is 1. The standard InChI is InChI=1S/C26H30N6O/c1-33-24-17-22-23(16-21(24)9-7-13-31-11-2-3-12-31)29-26(32-14-4-5-15-32)30-25(22)28-19-20-8-6-10-27-18-20/h6,8,10,16-18H,2-5,11-15,19H2,1H3,(H,28,29,30). The number of aromatic nitrogens is 3. The van der Waals surface area contributed by atoms with Gasteiger partial charge in [0.1, 0.15) is 11.6 Å². The van der Waals surface area contributed by atoms with E-state index in [4.69, 9.17) is 14.7 Å². The maximum absolute atomic E-state index is 5.70. The molecular weight excluding hydrogens is 412 g/mol. The summed E-state index contributed by atoms with van der Waals surface area (Å²) in [5.74, 6) is 8.99. The van der Waals surface area contributed by atoms with Gasteiger partial charge in [0.15, 0.2) is 0 Å². The van der Waals surface area contributed by atoms with E-state index in [2.05, 4.69) is 38.0 Å². The number of likely N-dealkylation sites (tertiary alicyclic amines) is 1. The zero-order chi connectivity index (χ0) is 22.5. The highest BCUT2D eigenvalue weighted by molar-refractivity contribution is 5.92. The zero-order valence-electron chi connectivity index (χ0n) is 19.2. The van der Waals surface area contributed by atoms with Crippen LogP contribution in [0.3, 0.4) is 0 Å². The number of nitrogens with zero attached hydrogens (tertiary/aromatic N) is 5. The quantitative estimate of drug-likeness (QED) is 0.584. The number of methoxy groups -OCH3 is 1. The van der Waals surface area contributed by atoms with Crippen molar-refractivity contribution in [3.05, 3.63) is 47.8 Å². The van der Waals surface area contributed by atoms with Gasteiger partial charge in [0.05, 0.1) is 24.7 Å². The topological polar surface area (TPSA) is 66.4 Å². The lowest BCUT2D eigenvalue weighted by Gasteiger charge is -2.18. The van der Waals surface area contributed by atoms with E-state index in [1.807, 2.05) is 24.4 Å². The van der Waals surface area contributed by atoms with Crippen LogP contribution >= 0.6 is 0 Å². The van der Waals surface area contributed by atoms with E-state index >= 15 is 0 Å². The van der Waals surface area contributed by atoms with Crippen LogP contribution in [0.4, 0.5) is 11.8 Å². The van der Waals surface area contributed by atoms with E-state index in [0.29, 0.717) is 6.54 Å². The van der Waals surface area contributed by atoms with Gasteiger partial charge in [0, 0.05) is 37.4 Å². The zero-order valence-corrected chi connectivity index (χ0v) is 19.2. The number of ether oxygens (including phenoxy) is 1. The lowest BCUT2D eigenvalue weighted by atomic mass is 10.1. The van der Waals surface area contributed by atoms with Gasteiger partial charge in [-0.25, -0.2) is 4.98 Å². The van der Waals surface area contributed by atoms with Gasteiger partial charge in [0.2, 0.25) is 5.95 Å². The third-order valence-electron chi connectivity index (χ3n) is 6.30. The highest BCUT2D eigenvalue weighted by atomic mass is 16.5. The van der Waals surface area contributed by atoms with Crippen molar-refractivity contribution in [2.45, 2.75) is 32.2 Å². The highest BCUT2D eigenvalue weighted by Gasteiger charge is 2.19. The Morgan fingerprint density at radius 1 is 1.06 bits per heavy atom. The van der Waals surface area contributed by atoms with Gasteiger partial charge in [-0.3, -0.25) is 9.88 Å². The van der Waals surface area contributed by atoms with Crippen LogP contribution in [0.1, 0.15) is 36.8 Å². The van der Waals surface area contributed by atoms with Gasteiger partial charge in [-0.2, -0.15) is 4.98 Å². The molecule has 0 amide bonds. The van der Waals surface area contributed by atoms with Crippen LogP contribution in [0.25, 0.3) is 10.9 Å². The summed E-state index contributed by atoms with van der Waals surface area (Å²) in [5, 5.41) is 4.44. The summed E-state index contributed by atoms with van der Waals surface area (Å²) >= 11 is 0. The van der Waals surface area contributed by atoms with Crippen LogP contribution in [0, 0.1) is 11.8 Å². The maximum atomic E-state index is 5.70. The number of anilines is 2. The molecule has 5 rings (SSSR count). The van der Waals surface area contributed by atoms with Crippen LogP contribution in [-0.4, -0.2) is 59.7 Å². The Labute approximate surface area is 195 Å². The fourth-order valence-electron chi connectivity index (χ4n) is 4.48. The second-order valence-electron chi connectivity index (χ2n) is 8.64. The normalized spacial score (nSPS) is 16.1. The Kier molecular flexibility index (Phi) is 6.54. The maximum Gasteiger partial charge on any atom is 0.227 e. The van der Waals surface area contributed by atoms with E-state index in [1.165, 1.54) is 25.7 Å². The summed E-state index contributed by atoms with van der Waals surface area (Å²) in [4.78, 5) is 18.7. The van der Waals surface area contributed by atoms with Gasteiger partial charge >= 0.3 is 0 Å². The van der Waals surface area contributed by atoms with Crippen molar-refractivity contribution in [3.63, 3.8) is 0 Å². The molecule has 3 aromatic rings. The lowest BCUT2D eigenvalue weighted by molar-refractivity contribution is 0.383. The molecule has 170 valence electrons. The molecule has 2 saturated heterocycles. The first kappa shape index (κ1) is 21.5. The molecule has 1 N–H and O–H groups in total. The van der Waals surface area contributed by atoms with Crippen molar-refractivity contribution in [1.82, 2.24) is 19.9 Å². The Hall–Kier alpha value is -3.37. The predicted octanol–water partition coefficient (Wildman–Crippen LogP) is 3.69. The van der Waals surface area contributed by atoms with E-state index in [9.17, 15) is 0 Å². The number of pyridine rings is 1. The summed E-state index contributed by atoms with van der Waals surface area (Å²) in [7, 11) is 1.69. The van der Waals surface area contributed by atoms with E-state index in [1.54, 1.807) is 13.3 Å². The molecule has 2 fully saturated rings. The number of hydrogen-bond acceptors (Lipinski definition) is 7. The first-order valence-electron chi connectivity index (χ1n) is 11.8. The number of rotatable bonds is 6. The molecule has 2 aliphatic rings. The molecule has 0 atom stereocenters. The van der Waals surface area contributed by atoms with Crippen LogP contribution in [0.15, 0.2) is 36.7 Å². The van der Waals surface area contributed by atoms with Gasteiger partial charge in [-0.05, 0) is 62.5 Å². The van der Waals surface area contributed by atoms with Crippen molar-refractivity contribution < 1.29 is 4.74 Å². The molecule has 2 aromatic heterocycles. The average Bonchev–Trinajstić information content (AvgIpc) is 3.57. The SMILES string of the molecule is COc1cc2c(NCc3cccnc3)nc(N3CCCC3)nc2cc1C#CCN1CCCC1. The average molecular weight is 443 g/mol. The van der Waals surface area contributed by atoms with Crippen molar-refractivity contribution in [2.24, 2.45) is 0 Å². The lowest BCUT2D eigenvalue weighted by Crippen LogP contribution is -2.21. The van der Waals surface area contributed by atoms with Crippen molar-refractivity contribution >= 4 is 22.7 Å². The van der Waals surface area contributed by atoms with Crippen molar-refractivity contribution in [1.29, 1.82) is 0 Å². The minimum atomic E-state index is 0.638. The van der Waals surface area contributed by atoms with E-state index < -0.39 is 0 Å². The summed E-state index contributed by atoms with van der Waals surface area (Å²) in [5.41, 5.74) is 2.85. The van der Waals surface area contributed by atoms with Gasteiger partial charge in [-0.15, -0.1) is 0 Å². The Morgan fingerprint density at radius 3 is 2.64 bits per heavy atom. The number of hydrogen-bond donors (Lipinski definition) is 1. The Bertz CT molecular complexity index is 1160. The van der Waals surface area contributed by atoms with Gasteiger partial charge in [-0.1, -0.05) is 17.9 Å². The molecule has 0 saturated carbocycles. The molecule has 0 bridgehead atoms. The molecule has 7 nitrogen and oxygen atoms in total. The summed E-state index contributed by atoms with van der Waals surface area (Å²) in [6.45, 7) is 5.70. The minimum absolute atomic E-state index is 0.638. The van der Waals surface area contributed by atoms with Crippen molar-refractivity contribution in [3.8, 4) is 17.6 Å². The Morgan fingerprint density at radius 2 is 1.88 bits per heavy atom. The van der Waals surface area contributed by atoms with Crippen molar-refractivity contribution in [2.75, 3.05) is 50.1 Å². The number of nitrogens with one attached hydrogen (secondary N) is 1. The molecule has 7 heteroatoms. The second kappa shape index (κ2) is 10.1. The molecule has 33 heavy (non-hydrogen) atoms. The third-order valence-corrected chi connectivity index (χ3v) is 6.30. The van der Waals surface area contributed by atoms with Gasteiger partial charge < -0.3 is 15.0 Å². The Balaban J connectivity index is 1.50. The van der Waals surface area contributed by atoms with Crippen LogP contribution in [-0.2, 0) is 6.54 Å². The van der Waals surface area contributed by atoms with Gasteiger partial charge in [0.25, 0.3) is 0 Å². The van der Waals surface area contributed by atoms with Crippen LogP contribution in [0.2, 0.25) is 0 Å². The molecule has 0 aliphatic carbocycles. The molecule has 0 unspecified atom stereocenters. The monoisotopic (exact) mass is 442 g/mol. The van der Waals surface area contributed by atoms with E-state index in [0.717, 1.165) is 72.3 Å². The number of benzene rings is 1. The fourth-order valence-corrected chi connectivity index (χ4v) is 4.48. The summed E-state index contributed by atoms with van der Waals surface area (Å²) in [6, 6.07) is 8.05. The molecule has 4 heterocycles. The molecule has 0 radical (unpaired) electrons. The largest absolute Gasteiger partial charge is 0.495 e.